The Morgan fingerprint density at radius 2 is 1.62 bits per heavy atom. The number of hydrogen-bond acceptors (Lipinski definition) is 3. The van der Waals surface area contributed by atoms with Crippen molar-refractivity contribution in [1.29, 1.82) is 0 Å². The molecule has 4 rings (SSSR count). The van der Waals surface area contributed by atoms with Crippen molar-refractivity contribution in [2.24, 2.45) is 4.99 Å². The van der Waals surface area contributed by atoms with E-state index in [4.69, 9.17) is 4.74 Å². The highest BCUT2D eigenvalue weighted by atomic mass is 16.5. The highest BCUT2D eigenvalue weighted by molar-refractivity contribution is 5.99. The summed E-state index contributed by atoms with van der Waals surface area (Å²) >= 11 is 0. The van der Waals surface area contributed by atoms with E-state index in [1.54, 1.807) is 7.11 Å². The van der Waals surface area contributed by atoms with E-state index in [2.05, 4.69) is 28.2 Å². The van der Waals surface area contributed by atoms with Gasteiger partial charge < -0.3 is 4.74 Å². The number of methoxy groups -OCH3 is 1. The van der Waals surface area contributed by atoms with Crippen LogP contribution in [0, 0.1) is 0 Å². The van der Waals surface area contributed by atoms with Gasteiger partial charge in [0.1, 0.15) is 5.75 Å². The van der Waals surface area contributed by atoms with Crippen molar-refractivity contribution >= 4 is 11.8 Å². The molecule has 1 aliphatic rings. The lowest BCUT2D eigenvalue weighted by molar-refractivity contribution is 0.415. The SMILES string of the molecule is COc1ccc(C=N/C=C2\c3ccccc3-c3ncccc32)cc1. The van der Waals surface area contributed by atoms with Gasteiger partial charge in [-0.2, -0.15) is 0 Å². The highest BCUT2D eigenvalue weighted by Crippen LogP contribution is 2.42. The number of ether oxygens (including phenoxy) is 1. The van der Waals surface area contributed by atoms with Crippen LogP contribution in [0.5, 0.6) is 5.75 Å². The zero-order valence-corrected chi connectivity index (χ0v) is 13.3. The maximum absolute atomic E-state index is 5.17. The molecule has 0 unspecified atom stereocenters. The van der Waals surface area contributed by atoms with Crippen molar-refractivity contribution in [3.63, 3.8) is 0 Å². The Bertz CT molecular complexity index is 893. The van der Waals surface area contributed by atoms with Crippen LogP contribution < -0.4 is 4.74 Å². The molecule has 0 aliphatic heterocycles. The first kappa shape index (κ1) is 14.4. The Balaban J connectivity index is 1.70. The van der Waals surface area contributed by atoms with Crippen LogP contribution in [0.4, 0.5) is 0 Å². The van der Waals surface area contributed by atoms with Crippen LogP contribution in [0.25, 0.3) is 16.8 Å². The van der Waals surface area contributed by atoms with Crippen LogP contribution in [0.3, 0.4) is 0 Å². The molecule has 0 fully saturated rings. The van der Waals surface area contributed by atoms with E-state index in [1.807, 2.05) is 61.1 Å². The largest absolute Gasteiger partial charge is 0.497 e. The lowest BCUT2D eigenvalue weighted by atomic mass is 10.1. The summed E-state index contributed by atoms with van der Waals surface area (Å²) in [5.41, 5.74) is 6.64. The monoisotopic (exact) mass is 312 g/mol. The van der Waals surface area contributed by atoms with E-state index in [1.165, 1.54) is 11.1 Å². The van der Waals surface area contributed by atoms with Gasteiger partial charge in [0.25, 0.3) is 0 Å². The molecule has 0 amide bonds. The van der Waals surface area contributed by atoms with Gasteiger partial charge in [-0.15, -0.1) is 0 Å². The lowest BCUT2D eigenvalue weighted by Gasteiger charge is -2.00. The first-order valence-corrected chi connectivity index (χ1v) is 7.79. The molecule has 0 N–H and O–H groups in total. The van der Waals surface area contributed by atoms with E-state index in [9.17, 15) is 0 Å². The summed E-state index contributed by atoms with van der Waals surface area (Å²) in [6.07, 6.45) is 5.60. The normalized spacial score (nSPS) is 14.0. The second-order valence-corrected chi connectivity index (χ2v) is 5.54. The summed E-state index contributed by atoms with van der Waals surface area (Å²) in [7, 11) is 1.66. The van der Waals surface area contributed by atoms with Crippen LogP contribution in [0.2, 0.25) is 0 Å². The van der Waals surface area contributed by atoms with Crippen LogP contribution in [0.15, 0.2) is 78.1 Å². The summed E-state index contributed by atoms with van der Waals surface area (Å²) in [5, 5.41) is 0. The molecule has 1 heterocycles. The Morgan fingerprint density at radius 1 is 0.875 bits per heavy atom. The fourth-order valence-electron chi connectivity index (χ4n) is 2.93. The molecule has 3 nitrogen and oxygen atoms in total. The Hall–Kier alpha value is -3.20. The summed E-state index contributed by atoms with van der Waals surface area (Å²) in [5.74, 6) is 0.843. The number of rotatable bonds is 3. The van der Waals surface area contributed by atoms with E-state index in [0.717, 1.165) is 28.1 Å². The van der Waals surface area contributed by atoms with Crippen molar-refractivity contribution in [2.45, 2.75) is 0 Å². The third kappa shape index (κ3) is 2.50. The molecular formula is C21H16N2O. The number of nitrogens with zero attached hydrogens (tertiary/aromatic N) is 2. The van der Waals surface area contributed by atoms with Gasteiger partial charge >= 0.3 is 0 Å². The molecule has 116 valence electrons. The number of pyridine rings is 1. The van der Waals surface area contributed by atoms with Crippen LogP contribution >= 0.6 is 0 Å². The molecule has 1 aromatic heterocycles. The van der Waals surface area contributed by atoms with Gasteiger partial charge in [-0.05, 0) is 41.5 Å². The van der Waals surface area contributed by atoms with E-state index < -0.39 is 0 Å². The maximum Gasteiger partial charge on any atom is 0.118 e. The Morgan fingerprint density at radius 3 is 2.42 bits per heavy atom. The molecule has 24 heavy (non-hydrogen) atoms. The highest BCUT2D eigenvalue weighted by Gasteiger charge is 2.23. The number of aromatic nitrogens is 1. The number of aliphatic imine (C=N–C) groups is 1. The van der Waals surface area contributed by atoms with E-state index in [-0.39, 0.29) is 0 Å². The molecule has 3 aromatic rings. The summed E-state index contributed by atoms with van der Waals surface area (Å²) in [4.78, 5) is 9.05. The lowest BCUT2D eigenvalue weighted by Crippen LogP contribution is -1.85. The molecule has 0 atom stereocenters. The van der Waals surface area contributed by atoms with Crippen molar-refractivity contribution in [3.8, 4) is 17.0 Å². The predicted molar refractivity (Wildman–Crippen MR) is 97.3 cm³/mol. The third-order valence-electron chi connectivity index (χ3n) is 4.11. The van der Waals surface area contributed by atoms with Gasteiger partial charge in [0.2, 0.25) is 0 Å². The van der Waals surface area contributed by atoms with E-state index in [0.29, 0.717) is 0 Å². The minimum Gasteiger partial charge on any atom is -0.497 e. The molecule has 3 heteroatoms. The van der Waals surface area contributed by atoms with Gasteiger partial charge in [0.05, 0.1) is 12.8 Å². The van der Waals surface area contributed by atoms with E-state index >= 15 is 0 Å². The topological polar surface area (TPSA) is 34.5 Å². The van der Waals surface area contributed by atoms with Crippen molar-refractivity contribution in [2.75, 3.05) is 7.11 Å². The first-order chi connectivity index (χ1) is 11.9. The van der Waals surface area contributed by atoms with Crippen molar-refractivity contribution < 1.29 is 4.74 Å². The summed E-state index contributed by atoms with van der Waals surface area (Å²) < 4.78 is 5.17. The van der Waals surface area contributed by atoms with Gasteiger partial charge in [0, 0.05) is 35.3 Å². The fraction of sp³-hybridized carbons (Fsp3) is 0.0476. The average molecular weight is 312 g/mol. The van der Waals surface area contributed by atoms with Gasteiger partial charge in [0.15, 0.2) is 0 Å². The number of benzene rings is 2. The second kappa shape index (κ2) is 6.13. The van der Waals surface area contributed by atoms with Crippen LogP contribution in [-0.2, 0) is 0 Å². The molecule has 2 aromatic carbocycles. The maximum atomic E-state index is 5.17. The number of fused-ring (bicyclic) bond motifs is 3. The van der Waals surface area contributed by atoms with Crippen LogP contribution in [0.1, 0.15) is 16.7 Å². The average Bonchev–Trinajstić information content (AvgIpc) is 2.97. The quantitative estimate of drug-likeness (QED) is 0.519. The molecular weight excluding hydrogens is 296 g/mol. The third-order valence-corrected chi connectivity index (χ3v) is 4.11. The smallest absolute Gasteiger partial charge is 0.118 e. The molecule has 0 radical (unpaired) electrons. The standard InChI is InChI=1S/C21H16N2O/c1-24-16-10-8-15(9-11-16)13-22-14-20-17-5-2-3-6-18(17)21-19(20)7-4-12-23-21/h2-14H,1H3/b20-14+,22-13?. The van der Waals surface area contributed by atoms with Gasteiger partial charge in [-0.1, -0.05) is 30.3 Å². The first-order valence-electron chi connectivity index (χ1n) is 7.79. The number of hydrogen-bond donors (Lipinski definition) is 0. The second-order valence-electron chi connectivity index (χ2n) is 5.54. The molecule has 0 bridgehead atoms. The molecule has 0 saturated heterocycles. The zero-order valence-electron chi connectivity index (χ0n) is 13.3. The zero-order chi connectivity index (χ0) is 16.4. The fourth-order valence-corrected chi connectivity index (χ4v) is 2.93. The minimum absolute atomic E-state index is 0.843. The van der Waals surface area contributed by atoms with Gasteiger partial charge in [-0.3, -0.25) is 9.98 Å². The predicted octanol–water partition coefficient (Wildman–Crippen LogP) is 4.58. The van der Waals surface area contributed by atoms with Gasteiger partial charge in [-0.25, -0.2) is 0 Å². The molecule has 0 spiro atoms. The van der Waals surface area contributed by atoms with Crippen molar-refractivity contribution in [1.82, 2.24) is 4.98 Å². The summed E-state index contributed by atoms with van der Waals surface area (Å²) in [6.45, 7) is 0. The molecule has 1 aliphatic carbocycles. The van der Waals surface area contributed by atoms with Crippen LogP contribution in [-0.4, -0.2) is 18.3 Å². The van der Waals surface area contributed by atoms with Crippen molar-refractivity contribution in [3.05, 3.63) is 89.8 Å². The summed E-state index contributed by atoms with van der Waals surface area (Å²) in [6, 6.07) is 20.2. The molecule has 0 saturated carbocycles. The Kier molecular flexibility index (Phi) is 3.67. The minimum atomic E-state index is 0.843. The Labute approximate surface area is 141 Å².